The molecule has 3 heterocycles. The number of pyridine rings is 1. The minimum Gasteiger partial charge on any atom is -0.406 e. The standard InChI is InChI=1S/C29H27ClF3N3O6S2/c30-23-5-2-12-34-24(23)17-35-27(37)19-8-9-25-22(15-19)28(10-13-43(38,39)14-11-28)26(18-6-7-18)36(25)44(40,41)21-4-1-3-20(16-21)42-29(31,32)33/h1-5,8-9,12,15-16,18,26H,6-7,10-11,13-14,17H2,(H,35,37). The zero-order valence-corrected chi connectivity index (χ0v) is 25.4. The topological polar surface area (TPSA) is 123 Å². The maximum absolute atomic E-state index is 14.3. The summed E-state index contributed by atoms with van der Waals surface area (Å²) in [4.78, 5) is 17.0. The number of anilines is 1. The number of halogens is 4. The number of aromatic nitrogens is 1. The highest BCUT2D eigenvalue weighted by Crippen LogP contribution is 2.59. The molecule has 2 aromatic carbocycles. The van der Waals surface area contributed by atoms with Gasteiger partial charge in [-0.15, -0.1) is 13.2 Å². The zero-order chi connectivity index (χ0) is 31.5. The number of rotatable bonds is 7. The average Bonchev–Trinajstić information content (AvgIpc) is 3.76. The molecule has 1 saturated carbocycles. The van der Waals surface area contributed by atoms with Crippen molar-refractivity contribution in [3.63, 3.8) is 0 Å². The van der Waals surface area contributed by atoms with Gasteiger partial charge in [0.2, 0.25) is 0 Å². The molecule has 3 aliphatic rings. The molecule has 0 bridgehead atoms. The highest BCUT2D eigenvalue weighted by Gasteiger charge is 2.60. The van der Waals surface area contributed by atoms with Crippen molar-refractivity contribution in [2.75, 3.05) is 15.8 Å². The molecule has 1 amide bonds. The number of carbonyl (C=O) groups excluding carboxylic acids is 1. The first-order valence-corrected chi connectivity index (χ1v) is 17.5. The lowest BCUT2D eigenvalue weighted by Crippen LogP contribution is -2.52. The SMILES string of the molecule is O=C(NCc1ncccc1Cl)c1ccc2c(c1)C1(CCS(=O)(=O)CC1)C(C1CC1)N2S(=O)(=O)c1cccc(OC(F)(F)F)c1. The predicted molar refractivity (Wildman–Crippen MR) is 156 cm³/mol. The minimum atomic E-state index is -5.02. The van der Waals surface area contributed by atoms with E-state index in [0.29, 0.717) is 29.1 Å². The van der Waals surface area contributed by atoms with E-state index in [0.717, 1.165) is 12.1 Å². The van der Waals surface area contributed by atoms with Gasteiger partial charge >= 0.3 is 6.36 Å². The van der Waals surface area contributed by atoms with Crippen molar-refractivity contribution in [2.24, 2.45) is 5.92 Å². The molecule has 1 unspecified atom stereocenters. The lowest BCUT2D eigenvalue weighted by Gasteiger charge is -2.41. The summed E-state index contributed by atoms with van der Waals surface area (Å²) in [7, 11) is -7.82. The summed E-state index contributed by atoms with van der Waals surface area (Å²) in [5.74, 6) is -1.56. The van der Waals surface area contributed by atoms with Crippen LogP contribution in [0, 0.1) is 5.92 Å². The second-order valence-electron chi connectivity index (χ2n) is 11.3. The second-order valence-corrected chi connectivity index (χ2v) is 15.8. The number of alkyl halides is 3. The molecule has 2 aliphatic heterocycles. The summed E-state index contributed by atoms with van der Waals surface area (Å²) in [6.07, 6.45) is -1.79. The first kappa shape index (κ1) is 30.7. The van der Waals surface area contributed by atoms with Gasteiger partial charge in [0.15, 0.2) is 0 Å². The molecule has 6 rings (SSSR count). The summed E-state index contributed by atoms with van der Waals surface area (Å²) in [6.45, 7) is 0.0422. The van der Waals surface area contributed by atoms with Crippen molar-refractivity contribution in [2.45, 2.75) is 54.9 Å². The molecule has 1 spiro atoms. The molecule has 1 saturated heterocycles. The van der Waals surface area contributed by atoms with E-state index in [2.05, 4.69) is 15.0 Å². The Bertz CT molecular complexity index is 1830. The van der Waals surface area contributed by atoms with Gasteiger partial charge in [-0.1, -0.05) is 17.7 Å². The quantitative estimate of drug-likeness (QED) is 0.376. The third-order valence-corrected chi connectivity index (χ3v) is 12.3. The number of nitrogens with one attached hydrogen (secondary N) is 1. The number of sulfone groups is 1. The van der Waals surface area contributed by atoms with Gasteiger partial charge in [-0.3, -0.25) is 14.1 Å². The number of hydrogen-bond acceptors (Lipinski definition) is 7. The van der Waals surface area contributed by atoms with Crippen molar-refractivity contribution in [3.8, 4) is 5.75 Å². The molecule has 3 aromatic rings. The van der Waals surface area contributed by atoms with Crippen molar-refractivity contribution >= 4 is 43.1 Å². The van der Waals surface area contributed by atoms with Crippen LogP contribution in [0.2, 0.25) is 5.02 Å². The first-order chi connectivity index (χ1) is 20.7. The van der Waals surface area contributed by atoms with Gasteiger partial charge in [0, 0.05) is 23.2 Å². The van der Waals surface area contributed by atoms with Gasteiger partial charge in [0.25, 0.3) is 15.9 Å². The maximum Gasteiger partial charge on any atom is 0.573 e. The van der Waals surface area contributed by atoms with E-state index < -0.39 is 54.2 Å². The van der Waals surface area contributed by atoms with E-state index >= 15 is 0 Å². The molecule has 9 nitrogen and oxygen atoms in total. The summed E-state index contributed by atoms with van der Waals surface area (Å²) in [6, 6.07) is 11.4. The fourth-order valence-corrected chi connectivity index (χ4v) is 9.94. The lowest BCUT2D eigenvalue weighted by molar-refractivity contribution is -0.274. The van der Waals surface area contributed by atoms with Crippen molar-refractivity contribution in [1.82, 2.24) is 10.3 Å². The third kappa shape index (κ3) is 5.74. The van der Waals surface area contributed by atoms with Gasteiger partial charge in [0.1, 0.15) is 15.6 Å². The molecule has 1 N–H and O–H groups in total. The van der Waals surface area contributed by atoms with E-state index in [1.54, 1.807) is 24.4 Å². The van der Waals surface area contributed by atoms with Crippen molar-refractivity contribution < 1.29 is 39.5 Å². The van der Waals surface area contributed by atoms with E-state index in [1.807, 2.05) is 0 Å². The van der Waals surface area contributed by atoms with Crippen LogP contribution in [0.5, 0.6) is 5.75 Å². The normalized spacial score (nSPS) is 20.7. The Hall–Kier alpha value is -3.36. The van der Waals surface area contributed by atoms with E-state index in [1.165, 1.54) is 28.6 Å². The first-order valence-electron chi connectivity index (χ1n) is 13.8. The summed E-state index contributed by atoms with van der Waals surface area (Å²) in [5.41, 5.74) is 0.570. The monoisotopic (exact) mass is 669 g/mol. The fourth-order valence-electron chi connectivity index (χ4n) is 6.36. The van der Waals surface area contributed by atoms with Gasteiger partial charge in [-0.25, -0.2) is 16.8 Å². The number of benzene rings is 2. The molecule has 0 radical (unpaired) electrons. The minimum absolute atomic E-state index is 0.0422. The second kappa shape index (κ2) is 10.9. The van der Waals surface area contributed by atoms with Crippen LogP contribution in [0.15, 0.2) is 65.7 Å². The molecular formula is C29H27ClF3N3O6S2. The Labute approximate surface area is 257 Å². The number of hydrogen-bond donors (Lipinski definition) is 1. The maximum atomic E-state index is 14.3. The van der Waals surface area contributed by atoms with Gasteiger partial charge in [-0.2, -0.15) is 0 Å². The largest absolute Gasteiger partial charge is 0.573 e. The predicted octanol–water partition coefficient (Wildman–Crippen LogP) is 5.00. The van der Waals surface area contributed by atoms with Crippen LogP contribution in [0.3, 0.4) is 0 Å². The van der Waals surface area contributed by atoms with E-state index in [9.17, 15) is 34.8 Å². The number of sulfonamides is 1. The van der Waals surface area contributed by atoms with E-state index in [4.69, 9.17) is 11.6 Å². The Balaban J connectivity index is 1.43. The van der Waals surface area contributed by atoms with E-state index in [-0.39, 0.29) is 48.1 Å². The van der Waals surface area contributed by atoms with Crippen LogP contribution in [0.25, 0.3) is 0 Å². The highest BCUT2D eigenvalue weighted by molar-refractivity contribution is 7.93. The zero-order valence-electron chi connectivity index (χ0n) is 23.1. The van der Waals surface area contributed by atoms with Crippen LogP contribution >= 0.6 is 11.6 Å². The Morgan fingerprint density at radius 2 is 1.82 bits per heavy atom. The van der Waals surface area contributed by atoms with Gasteiger partial charge < -0.3 is 10.1 Å². The fraction of sp³-hybridized carbons (Fsp3) is 0.379. The number of fused-ring (bicyclic) bond motifs is 2. The van der Waals surface area contributed by atoms with Gasteiger partial charge in [0.05, 0.1) is 45.4 Å². The molecule has 2 fully saturated rings. The molecular weight excluding hydrogens is 643 g/mol. The summed E-state index contributed by atoms with van der Waals surface area (Å²) < 4.78 is 97.7. The number of amides is 1. The van der Waals surface area contributed by atoms with Crippen LogP contribution in [-0.4, -0.2) is 51.6 Å². The molecule has 1 aromatic heterocycles. The van der Waals surface area contributed by atoms with Crippen LogP contribution < -0.4 is 14.4 Å². The smallest absolute Gasteiger partial charge is 0.406 e. The van der Waals surface area contributed by atoms with Crippen LogP contribution in [-0.2, 0) is 31.8 Å². The molecule has 1 aliphatic carbocycles. The Morgan fingerprint density at radius 1 is 1.09 bits per heavy atom. The highest BCUT2D eigenvalue weighted by atomic mass is 35.5. The number of carbonyl (C=O) groups is 1. The summed E-state index contributed by atoms with van der Waals surface area (Å²) >= 11 is 6.16. The van der Waals surface area contributed by atoms with Gasteiger partial charge in [-0.05, 0) is 79.6 Å². The van der Waals surface area contributed by atoms with Crippen LogP contribution in [0.1, 0.15) is 47.3 Å². The molecule has 15 heteroatoms. The lowest BCUT2D eigenvalue weighted by atomic mass is 9.70. The summed E-state index contributed by atoms with van der Waals surface area (Å²) in [5, 5.41) is 3.15. The third-order valence-electron chi connectivity index (χ3n) is 8.49. The Kier molecular flexibility index (Phi) is 7.60. The van der Waals surface area contributed by atoms with Crippen LogP contribution in [0.4, 0.5) is 18.9 Å². The number of nitrogens with zero attached hydrogens (tertiary/aromatic N) is 2. The average molecular weight is 670 g/mol. The molecule has 44 heavy (non-hydrogen) atoms. The molecule has 1 atom stereocenters. The number of ether oxygens (including phenoxy) is 1. The van der Waals surface area contributed by atoms with Crippen molar-refractivity contribution in [1.29, 1.82) is 0 Å². The van der Waals surface area contributed by atoms with Crippen molar-refractivity contribution in [3.05, 3.63) is 82.6 Å². The molecule has 234 valence electrons. The Morgan fingerprint density at radius 3 is 2.48 bits per heavy atom.